The lowest BCUT2D eigenvalue weighted by Crippen LogP contribution is -2.39. The van der Waals surface area contributed by atoms with E-state index in [1.807, 2.05) is 31.2 Å². The summed E-state index contributed by atoms with van der Waals surface area (Å²) in [6.45, 7) is 5.10. The zero-order valence-corrected chi connectivity index (χ0v) is 17.7. The number of hydrogen-bond donors (Lipinski definition) is 1. The summed E-state index contributed by atoms with van der Waals surface area (Å²) in [6, 6.07) is 13.9. The first-order valence-electron chi connectivity index (χ1n) is 10.0. The second-order valence-corrected chi connectivity index (χ2v) is 9.37. The quantitative estimate of drug-likeness (QED) is 0.747. The summed E-state index contributed by atoms with van der Waals surface area (Å²) in [5.41, 5.74) is 1.58. The van der Waals surface area contributed by atoms with Crippen molar-refractivity contribution in [3.05, 3.63) is 54.1 Å². The second-order valence-electron chi connectivity index (χ2n) is 7.43. The van der Waals surface area contributed by atoms with Crippen LogP contribution in [0, 0.1) is 5.92 Å². The Kier molecular flexibility index (Phi) is 6.92. The van der Waals surface area contributed by atoms with Crippen LogP contribution in [0.15, 0.2) is 53.4 Å². The number of aryl methyl sites for hydroxylation is 1. The number of carbonyl (C=O) groups excluding carboxylic acids is 1. The number of benzene rings is 2. The Hall–Kier alpha value is -2.38. The van der Waals surface area contributed by atoms with Gasteiger partial charge in [-0.25, -0.2) is 8.42 Å². The monoisotopic (exact) mass is 416 g/mol. The van der Waals surface area contributed by atoms with Gasteiger partial charge in [0, 0.05) is 18.8 Å². The molecule has 1 amide bonds. The van der Waals surface area contributed by atoms with Crippen molar-refractivity contribution in [1.82, 2.24) is 4.31 Å². The number of ether oxygens (including phenoxy) is 1. The summed E-state index contributed by atoms with van der Waals surface area (Å²) < 4.78 is 32.8. The van der Waals surface area contributed by atoms with Crippen LogP contribution in [-0.4, -0.2) is 38.3 Å². The first-order valence-corrected chi connectivity index (χ1v) is 11.4. The molecule has 29 heavy (non-hydrogen) atoms. The number of sulfonamides is 1. The molecule has 0 aliphatic carbocycles. The summed E-state index contributed by atoms with van der Waals surface area (Å²) in [5, 5.41) is 2.74. The lowest BCUT2D eigenvalue weighted by atomic mass is 10.0. The van der Waals surface area contributed by atoms with Crippen molar-refractivity contribution in [3.63, 3.8) is 0 Å². The Bertz CT molecular complexity index is 942. The van der Waals surface area contributed by atoms with Crippen LogP contribution in [0.1, 0.15) is 32.3 Å². The van der Waals surface area contributed by atoms with Crippen LogP contribution >= 0.6 is 0 Å². The third kappa shape index (κ3) is 5.36. The Labute approximate surface area is 172 Å². The minimum atomic E-state index is -3.50. The zero-order valence-electron chi connectivity index (χ0n) is 16.9. The molecule has 0 spiro atoms. The smallest absolute Gasteiger partial charge is 0.262 e. The minimum Gasteiger partial charge on any atom is -0.483 e. The molecule has 1 N–H and O–H groups in total. The first-order chi connectivity index (χ1) is 13.9. The molecule has 0 bridgehead atoms. The molecule has 1 aliphatic rings. The van der Waals surface area contributed by atoms with E-state index in [0.29, 0.717) is 30.4 Å². The predicted molar refractivity (Wildman–Crippen MR) is 114 cm³/mol. The molecule has 7 heteroatoms. The van der Waals surface area contributed by atoms with Gasteiger partial charge in [-0.15, -0.1) is 0 Å². The van der Waals surface area contributed by atoms with Gasteiger partial charge in [-0.2, -0.15) is 4.31 Å². The van der Waals surface area contributed by atoms with Crippen LogP contribution in [0.5, 0.6) is 5.75 Å². The standard InChI is InChI=1S/C22H28N2O4S/c1-3-18-8-4-5-9-21(18)28-16-22(25)23-19-10-12-20(13-11-19)29(26,27)24-14-6-7-17(2)15-24/h4-5,8-13,17H,3,6-7,14-16H2,1-2H3,(H,23,25)/t17-/m0/s1. The molecule has 0 aromatic heterocycles. The van der Waals surface area contributed by atoms with Gasteiger partial charge in [-0.3, -0.25) is 4.79 Å². The largest absolute Gasteiger partial charge is 0.483 e. The number of carbonyl (C=O) groups is 1. The molecule has 1 saturated heterocycles. The van der Waals surface area contributed by atoms with Gasteiger partial charge in [0.2, 0.25) is 10.0 Å². The summed E-state index contributed by atoms with van der Waals surface area (Å²) in [4.78, 5) is 12.4. The first kappa shape index (κ1) is 21.3. The Morgan fingerprint density at radius 2 is 1.90 bits per heavy atom. The molecule has 2 aromatic carbocycles. The maximum Gasteiger partial charge on any atom is 0.262 e. The van der Waals surface area contributed by atoms with Gasteiger partial charge < -0.3 is 10.1 Å². The molecule has 0 unspecified atom stereocenters. The van der Waals surface area contributed by atoms with Crippen LogP contribution < -0.4 is 10.1 Å². The number of para-hydroxylation sites is 1. The van der Waals surface area contributed by atoms with Gasteiger partial charge in [0.15, 0.2) is 6.61 Å². The average Bonchev–Trinajstić information content (AvgIpc) is 2.73. The molecular formula is C22H28N2O4S. The highest BCUT2D eigenvalue weighted by molar-refractivity contribution is 7.89. The van der Waals surface area contributed by atoms with Crippen LogP contribution in [0.3, 0.4) is 0 Å². The van der Waals surface area contributed by atoms with Crippen molar-refractivity contribution in [1.29, 1.82) is 0 Å². The maximum atomic E-state index is 12.8. The van der Waals surface area contributed by atoms with Crippen LogP contribution in [0.4, 0.5) is 5.69 Å². The van der Waals surface area contributed by atoms with Gasteiger partial charge in [-0.05, 0) is 61.1 Å². The molecule has 6 nitrogen and oxygen atoms in total. The fourth-order valence-electron chi connectivity index (χ4n) is 3.50. The van der Waals surface area contributed by atoms with Crippen LogP contribution in [-0.2, 0) is 21.2 Å². The molecule has 1 heterocycles. The summed E-state index contributed by atoms with van der Waals surface area (Å²) >= 11 is 0. The predicted octanol–water partition coefficient (Wildman–Crippen LogP) is 3.69. The highest BCUT2D eigenvalue weighted by Crippen LogP contribution is 2.24. The van der Waals surface area contributed by atoms with E-state index in [1.54, 1.807) is 16.4 Å². The lowest BCUT2D eigenvalue weighted by molar-refractivity contribution is -0.118. The number of nitrogens with one attached hydrogen (secondary N) is 1. The minimum absolute atomic E-state index is 0.108. The van der Waals surface area contributed by atoms with E-state index in [0.717, 1.165) is 24.8 Å². The van der Waals surface area contributed by atoms with E-state index in [1.165, 1.54) is 12.1 Å². The van der Waals surface area contributed by atoms with E-state index < -0.39 is 10.0 Å². The van der Waals surface area contributed by atoms with Crippen molar-refractivity contribution in [2.24, 2.45) is 5.92 Å². The lowest BCUT2D eigenvalue weighted by Gasteiger charge is -2.30. The van der Waals surface area contributed by atoms with Crippen molar-refractivity contribution in [3.8, 4) is 5.75 Å². The molecule has 0 saturated carbocycles. The number of rotatable bonds is 7. The van der Waals surface area contributed by atoms with E-state index in [-0.39, 0.29) is 17.4 Å². The number of hydrogen-bond acceptors (Lipinski definition) is 4. The van der Waals surface area contributed by atoms with Gasteiger partial charge >= 0.3 is 0 Å². The molecule has 2 aromatic rings. The third-order valence-corrected chi connectivity index (χ3v) is 6.99. The summed E-state index contributed by atoms with van der Waals surface area (Å²) in [7, 11) is -3.50. The van der Waals surface area contributed by atoms with Crippen molar-refractivity contribution < 1.29 is 17.9 Å². The van der Waals surface area contributed by atoms with E-state index in [2.05, 4.69) is 12.2 Å². The molecule has 3 rings (SSSR count). The van der Waals surface area contributed by atoms with E-state index in [9.17, 15) is 13.2 Å². The highest BCUT2D eigenvalue weighted by atomic mass is 32.2. The van der Waals surface area contributed by atoms with E-state index >= 15 is 0 Å². The topological polar surface area (TPSA) is 75.7 Å². The summed E-state index contributed by atoms with van der Waals surface area (Å²) in [5.74, 6) is 0.772. The van der Waals surface area contributed by atoms with Crippen molar-refractivity contribution in [2.75, 3.05) is 25.0 Å². The maximum absolute atomic E-state index is 12.8. The van der Waals surface area contributed by atoms with Gasteiger partial charge in [0.25, 0.3) is 5.91 Å². The van der Waals surface area contributed by atoms with Gasteiger partial charge in [-0.1, -0.05) is 32.0 Å². The Balaban J connectivity index is 1.59. The normalized spacial score (nSPS) is 17.7. The Morgan fingerprint density at radius 3 is 2.59 bits per heavy atom. The van der Waals surface area contributed by atoms with Crippen molar-refractivity contribution >= 4 is 21.6 Å². The van der Waals surface area contributed by atoms with Gasteiger partial charge in [0.05, 0.1) is 4.90 Å². The number of nitrogens with zero attached hydrogens (tertiary/aromatic N) is 1. The zero-order chi connectivity index (χ0) is 20.9. The van der Waals surface area contributed by atoms with Crippen LogP contribution in [0.2, 0.25) is 0 Å². The second kappa shape index (κ2) is 9.41. The number of piperidine rings is 1. The average molecular weight is 417 g/mol. The highest BCUT2D eigenvalue weighted by Gasteiger charge is 2.28. The fourth-order valence-corrected chi connectivity index (χ4v) is 5.10. The van der Waals surface area contributed by atoms with Crippen LogP contribution in [0.25, 0.3) is 0 Å². The molecule has 1 fully saturated rings. The third-order valence-electron chi connectivity index (χ3n) is 5.11. The molecule has 1 aliphatic heterocycles. The summed E-state index contributed by atoms with van der Waals surface area (Å²) in [6.07, 6.45) is 2.76. The number of amides is 1. The van der Waals surface area contributed by atoms with Crippen molar-refractivity contribution in [2.45, 2.75) is 38.0 Å². The fraction of sp³-hybridized carbons (Fsp3) is 0.409. The Morgan fingerprint density at radius 1 is 1.17 bits per heavy atom. The van der Waals surface area contributed by atoms with E-state index in [4.69, 9.17) is 4.74 Å². The molecule has 0 radical (unpaired) electrons. The molecular weight excluding hydrogens is 388 g/mol. The SMILES string of the molecule is CCc1ccccc1OCC(=O)Nc1ccc(S(=O)(=O)N2CCC[C@H](C)C2)cc1. The van der Waals surface area contributed by atoms with Gasteiger partial charge in [0.1, 0.15) is 5.75 Å². The number of anilines is 1. The molecule has 1 atom stereocenters. The molecule has 156 valence electrons.